The van der Waals surface area contributed by atoms with Gasteiger partial charge in [0.25, 0.3) is 0 Å². The zero-order valence-electron chi connectivity index (χ0n) is 25.2. The number of nitrogens with one attached hydrogen (secondary N) is 1. The number of amides is 1. The number of carbonyl (C=O) groups excluding carboxylic acids is 1. The van der Waals surface area contributed by atoms with E-state index < -0.39 is 21.4 Å². The highest BCUT2D eigenvalue weighted by Crippen LogP contribution is 2.36. The third kappa shape index (κ3) is 7.16. The molecule has 0 aliphatic carbocycles. The second-order valence-corrected chi connectivity index (χ2v) is 13.3. The van der Waals surface area contributed by atoms with Gasteiger partial charge in [0.15, 0.2) is 5.82 Å². The Labute approximate surface area is 256 Å². The first-order chi connectivity index (χ1) is 20.9. The first kappa shape index (κ1) is 30.9. The van der Waals surface area contributed by atoms with Gasteiger partial charge in [0.1, 0.15) is 17.1 Å². The summed E-state index contributed by atoms with van der Waals surface area (Å²) in [6, 6.07) is 11.9. The third-order valence-corrected chi connectivity index (χ3v) is 8.42. The molecule has 4 aromatic rings. The summed E-state index contributed by atoms with van der Waals surface area (Å²) in [6.07, 6.45) is 6.74. The van der Waals surface area contributed by atoms with Crippen LogP contribution >= 0.6 is 0 Å². The summed E-state index contributed by atoms with van der Waals surface area (Å²) in [5.74, 6) is -0.0438. The zero-order chi connectivity index (χ0) is 31.5. The van der Waals surface area contributed by atoms with Crippen molar-refractivity contribution in [2.45, 2.75) is 39.7 Å². The van der Waals surface area contributed by atoms with Gasteiger partial charge in [0, 0.05) is 61.5 Å². The Morgan fingerprint density at radius 2 is 1.75 bits per heavy atom. The summed E-state index contributed by atoms with van der Waals surface area (Å²) < 4.78 is 50.1. The highest BCUT2D eigenvalue weighted by atomic mass is 32.2. The lowest BCUT2D eigenvalue weighted by molar-refractivity contribution is 0.0240. The first-order valence-electron chi connectivity index (χ1n) is 14.4. The molecular weight excluding hydrogens is 585 g/mol. The molecule has 1 amide bonds. The van der Waals surface area contributed by atoms with E-state index in [9.17, 15) is 13.2 Å². The minimum absolute atomic E-state index is 0.112. The lowest BCUT2D eigenvalue weighted by atomic mass is 10.0. The van der Waals surface area contributed by atoms with E-state index in [0.717, 1.165) is 11.4 Å². The molecule has 1 saturated heterocycles. The number of anilines is 2. The molecule has 0 spiro atoms. The Kier molecular flexibility index (Phi) is 8.86. The van der Waals surface area contributed by atoms with E-state index in [-0.39, 0.29) is 23.1 Å². The largest absolute Gasteiger partial charge is 0.444 e. The molecular formula is C31H36FN7O4S. The standard InChI is InChI=1S/C31H36FN7O4S/c1-5-19-44(41,42)36-26-8-6-7-24(28(26)32)25-21-39(35-29(25)22-11-13-33-14-12-22)23-9-10-27(34-20-23)37-15-17-38(18-16-37)30(40)43-31(2,3)4/h6-14,20-21,36H,5,15-19H2,1-4H3. The van der Waals surface area contributed by atoms with Gasteiger partial charge in [-0.25, -0.2) is 27.3 Å². The molecule has 0 saturated carbocycles. The monoisotopic (exact) mass is 621 g/mol. The Hall–Kier alpha value is -4.52. The van der Waals surface area contributed by atoms with Crippen LogP contribution in [0.4, 0.5) is 20.7 Å². The van der Waals surface area contributed by atoms with Gasteiger partial charge in [-0.3, -0.25) is 9.71 Å². The van der Waals surface area contributed by atoms with Gasteiger partial charge in [-0.1, -0.05) is 19.1 Å². The van der Waals surface area contributed by atoms with Crippen LogP contribution in [0.5, 0.6) is 0 Å². The quantitative estimate of drug-likeness (QED) is 0.280. The molecule has 0 bridgehead atoms. The summed E-state index contributed by atoms with van der Waals surface area (Å²) in [7, 11) is -3.69. The second kappa shape index (κ2) is 12.6. The van der Waals surface area contributed by atoms with Crippen molar-refractivity contribution in [3.8, 4) is 28.1 Å². The van der Waals surface area contributed by atoms with Crippen LogP contribution in [0.25, 0.3) is 28.1 Å². The van der Waals surface area contributed by atoms with Crippen LogP contribution in [0, 0.1) is 5.82 Å². The minimum atomic E-state index is -3.69. The SMILES string of the molecule is CCCS(=O)(=O)Nc1cccc(-c2cn(-c3ccc(N4CCN(C(=O)OC(C)(C)C)CC4)nc3)nc2-c2ccncc2)c1F. The van der Waals surface area contributed by atoms with Gasteiger partial charge in [-0.05, 0) is 57.5 Å². The molecule has 0 radical (unpaired) electrons. The van der Waals surface area contributed by atoms with Crippen molar-refractivity contribution in [1.29, 1.82) is 0 Å². The van der Waals surface area contributed by atoms with Crippen molar-refractivity contribution in [3.63, 3.8) is 0 Å². The van der Waals surface area contributed by atoms with E-state index in [0.29, 0.717) is 49.5 Å². The van der Waals surface area contributed by atoms with Gasteiger partial charge in [-0.2, -0.15) is 5.10 Å². The smallest absolute Gasteiger partial charge is 0.410 e. The summed E-state index contributed by atoms with van der Waals surface area (Å²) in [4.78, 5) is 25.0. The number of sulfonamides is 1. The predicted molar refractivity (Wildman–Crippen MR) is 168 cm³/mol. The number of ether oxygens (including phenoxy) is 1. The van der Waals surface area contributed by atoms with E-state index in [1.165, 1.54) is 6.07 Å². The summed E-state index contributed by atoms with van der Waals surface area (Å²) >= 11 is 0. The highest BCUT2D eigenvalue weighted by Gasteiger charge is 2.26. The zero-order valence-corrected chi connectivity index (χ0v) is 26.0. The van der Waals surface area contributed by atoms with E-state index >= 15 is 4.39 Å². The molecule has 1 aromatic carbocycles. The van der Waals surface area contributed by atoms with Crippen molar-refractivity contribution < 1.29 is 22.3 Å². The Morgan fingerprint density at radius 1 is 1.02 bits per heavy atom. The summed E-state index contributed by atoms with van der Waals surface area (Å²) in [5.41, 5.74) is 1.89. The highest BCUT2D eigenvalue weighted by molar-refractivity contribution is 7.92. The van der Waals surface area contributed by atoms with Crippen LogP contribution in [-0.4, -0.2) is 76.7 Å². The number of rotatable bonds is 8. The maximum absolute atomic E-state index is 15.8. The molecule has 4 heterocycles. The van der Waals surface area contributed by atoms with Gasteiger partial charge in [0.05, 0.1) is 23.3 Å². The fourth-order valence-corrected chi connectivity index (χ4v) is 6.01. The molecule has 11 nitrogen and oxygen atoms in total. The molecule has 0 atom stereocenters. The number of hydrogen-bond donors (Lipinski definition) is 1. The normalized spacial score (nSPS) is 14.0. The number of aromatic nitrogens is 4. The number of pyridine rings is 2. The van der Waals surface area contributed by atoms with Crippen molar-refractivity contribution in [3.05, 3.63) is 73.1 Å². The maximum Gasteiger partial charge on any atom is 0.410 e. The fourth-order valence-electron chi connectivity index (χ4n) is 4.88. The van der Waals surface area contributed by atoms with Gasteiger partial charge < -0.3 is 14.5 Å². The first-order valence-corrected chi connectivity index (χ1v) is 16.1. The van der Waals surface area contributed by atoms with Crippen molar-refractivity contribution in [2.75, 3.05) is 41.6 Å². The molecule has 1 aliphatic rings. The Balaban J connectivity index is 1.41. The van der Waals surface area contributed by atoms with Crippen LogP contribution in [0.3, 0.4) is 0 Å². The molecule has 13 heteroatoms. The van der Waals surface area contributed by atoms with Gasteiger partial charge in [-0.15, -0.1) is 0 Å². The molecule has 232 valence electrons. The number of piperazine rings is 1. The number of halogens is 1. The average Bonchev–Trinajstić information content (AvgIpc) is 3.43. The fraction of sp³-hybridized carbons (Fsp3) is 0.355. The molecule has 44 heavy (non-hydrogen) atoms. The van der Waals surface area contributed by atoms with Crippen molar-refractivity contribution in [2.24, 2.45) is 0 Å². The maximum atomic E-state index is 15.8. The van der Waals surface area contributed by atoms with E-state index in [1.54, 1.807) is 65.6 Å². The van der Waals surface area contributed by atoms with Gasteiger partial charge in [0.2, 0.25) is 10.0 Å². The summed E-state index contributed by atoms with van der Waals surface area (Å²) in [6.45, 7) is 9.56. The van der Waals surface area contributed by atoms with Gasteiger partial charge >= 0.3 is 6.09 Å². The number of benzene rings is 1. The molecule has 5 rings (SSSR count). The van der Waals surface area contributed by atoms with Crippen molar-refractivity contribution >= 4 is 27.6 Å². The molecule has 0 unspecified atom stereocenters. The number of carbonyl (C=O) groups is 1. The topological polar surface area (TPSA) is 123 Å². The third-order valence-electron chi connectivity index (χ3n) is 6.95. The summed E-state index contributed by atoms with van der Waals surface area (Å²) in [5, 5.41) is 4.77. The van der Waals surface area contributed by atoms with Crippen molar-refractivity contribution in [1.82, 2.24) is 24.6 Å². The Morgan fingerprint density at radius 3 is 2.39 bits per heavy atom. The average molecular weight is 622 g/mol. The van der Waals surface area contributed by atoms with Crippen LogP contribution < -0.4 is 9.62 Å². The van der Waals surface area contributed by atoms with E-state index in [1.807, 2.05) is 32.9 Å². The van der Waals surface area contributed by atoms with Crippen LogP contribution in [0.1, 0.15) is 34.1 Å². The molecule has 1 aliphatic heterocycles. The predicted octanol–water partition coefficient (Wildman–Crippen LogP) is 5.34. The lowest BCUT2D eigenvalue weighted by Gasteiger charge is -2.36. The minimum Gasteiger partial charge on any atom is -0.444 e. The van der Waals surface area contributed by atoms with E-state index in [2.05, 4.69) is 19.6 Å². The molecule has 3 aromatic heterocycles. The van der Waals surface area contributed by atoms with Crippen LogP contribution in [-0.2, 0) is 14.8 Å². The van der Waals surface area contributed by atoms with Crippen LogP contribution in [0.15, 0.2) is 67.3 Å². The lowest BCUT2D eigenvalue weighted by Crippen LogP contribution is -2.50. The number of nitrogens with zero attached hydrogens (tertiary/aromatic N) is 6. The van der Waals surface area contributed by atoms with Crippen LogP contribution in [0.2, 0.25) is 0 Å². The Bertz CT molecular complexity index is 1710. The van der Waals surface area contributed by atoms with E-state index in [4.69, 9.17) is 9.84 Å². The molecule has 1 fully saturated rings. The molecule has 1 N–H and O–H groups in total. The second-order valence-electron chi connectivity index (χ2n) is 11.5. The number of hydrogen-bond acceptors (Lipinski definition) is 8.